The number of furan rings is 1. The topological polar surface area (TPSA) is 82.7 Å². The van der Waals surface area contributed by atoms with Crippen LogP contribution < -0.4 is 5.32 Å². The number of carbonyl (C=O) groups excluding carboxylic acids is 2. The summed E-state index contributed by atoms with van der Waals surface area (Å²) >= 11 is 0. The Bertz CT molecular complexity index is 799. The normalized spacial score (nSPS) is 18.4. The lowest BCUT2D eigenvalue weighted by molar-refractivity contribution is -0.132. The van der Waals surface area contributed by atoms with Crippen LogP contribution in [-0.2, 0) is 14.3 Å². The van der Waals surface area contributed by atoms with Crippen LogP contribution in [0, 0.1) is 5.92 Å². The van der Waals surface area contributed by atoms with Crippen molar-refractivity contribution in [1.29, 1.82) is 0 Å². The zero-order valence-corrected chi connectivity index (χ0v) is 16.4. The number of hydrogen-bond donors (Lipinski definition) is 1. The number of aromatic nitrogens is 1. The van der Waals surface area contributed by atoms with Gasteiger partial charge in [-0.2, -0.15) is 0 Å². The quantitative estimate of drug-likeness (QED) is 0.750. The molecule has 148 valence electrons. The van der Waals surface area contributed by atoms with Crippen molar-refractivity contribution in [3.8, 4) is 0 Å². The molecule has 0 bridgehead atoms. The lowest BCUT2D eigenvalue weighted by Gasteiger charge is -2.22. The van der Waals surface area contributed by atoms with E-state index < -0.39 is 12.1 Å². The molecular formula is C20H28N2O5. The van der Waals surface area contributed by atoms with Gasteiger partial charge in [-0.3, -0.25) is 4.79 Å². The van der Waals surface area contributed by atoms with Crippen LogP contribution >= 0.6 is 0 Å². The number of rotatable bonds is 7. The molecule has 2 atom stereocenters. The van der Waals surface area contributed by atoms with Crippen LogP contribution in [0.25, 0.3) is 11.1 Å². The Balaban J connectivity index is 1.72. The highest BCUT2D eigenvalue weighted by atomic mass is 16.5. The number of nitrogens with one attached hydrogen (secondary N) is 1. The van der Waals surface area contributed by atoms with Gasteiger partial charge in [0.05, 0.1) is 17.9 Å². The van der Waals surface area contributed by atoms with Gasteiger partial charge in [-0.25, -0.2) is 4.79 Å². The molecule has 2 unspecified atom stereocenters. The zero-order valence-electron chi connectivity index (χ0n) is 16.4. The third-order valence-corrected chi connectivity index (χ3v) is 4.81. The Morgan fingerprint density at radius 3 is 2.74 bits per heavy atom. The lowest BCUT2D eigenvalue weighted by Crippen LogP contribution is -2.43. The van der Waals surface area contributed by atoms with Crippen molar-refractivity contribution in [2.75, 3.05) is 13.2 Å². The molecule has 1 N–H and O–H groups in total. The van der Waals surface area contributed by atoms with Gasteiger partial charge in [0.1, 0.15) is 5.69 Å². The molecule has 1 aliphatic heterocycles. The monoisotopic (exact) mass is 376 g/mol. The third kappa shape index (κ3) is 4.18. The van der Waals surface area contributed by atoms with E-state index in [4.69, 9.17) is 13.9 Å². The van der Waals surface area contributed by atoms with E-state index in [9.17, 15) is 9.59 Å². The van der Waals surface area contributed by atoms with Crippen molar-refractivity contribution < 1.29 is 23.5 Å². The summed E-state index contributed by atoms with van der Waals surface area (Å²) in [6.45, 7) is 8.86. The maximum absolute atomic E-state index is 12.8. The first-order chi connectivity index (χ1) is 12.9. The van der Waals surface area contributed by atoms with Crippen LogP contribution in [0.4, 0.5) is 0 Å². The molecule has 7 nitrogen and oxygen atoms in total. The van der Waals surface area contributed by atoms with E-state index in [-0.39, 0.29) is 24.0 Å². The van der Waals surface area contributed by atoms with Crippen molar-refractivity contribution in [3.05, 3.63) is 24.1 Å². The molecule has 0 spiro atoms. The van der Waals surface area contributed by atoms with Crippen molar-refractivity contribution >= 4 is 23.0 Å². The summed E-state index contributed by atoms with van der Waals surface area (Å²) in [6.07, 6.45) is 2.72. The van der Waals surface area contributed by atoms with Crippen LogP contribution in [0.5, 0.6) is 0 Å². The fourth-order valence-corrected chi connectivity index (χ4v) is 3.45. The number of nitrogens with zero attached hydrogens (tertiary/aromatic N) is 1. The average molecular weight is 376 g/mol. The van der Waals surface area contributed by atoms with Gasteiger partial charge in [0, 0.05) is 31.3 Å². The summed E-state index contributed by atoms with van der Waals surface area (Å²) in [5, 5.41) is 2.86. The SMILES string of the molecule is CC(C)C(OC(=O)c1cc2occc2n1C(C)C)C(=O)NCC1CCCO1. The minimum atomic E-state index is -0.860. The molecule has 2 aromatic heterocycles. The molecule has 1 saturated heterocycles. The molecule has 1 aliphatic rings. The lowest BCUT2D eigenvalue weighted by atomic mass is 10.1. The molecule has 7 heteroatoms. The van der Waals surface area contributed by atoms with Crippen LogP contribution in [0.1, 0.15) is 57.1 Å². The van der Waals surface area contributed by atoms with Gasteiger partial charge < -0.3 is 23.8 Å². The highest BCUT2D eigenvalue weighted by molar-refractivity contribution is 5.95. The van der Waals surface area contributed by atoms with Crippen LogP contribution in [-0.4, -0.2) is 41.8 Å². The number of ether oxygens (including phenoxy) is 2. The van der Waals surface area contributed by atoms with E-state index in [0.717, 1.165) is 25.0 Å². The molecule has 2 aromatic rings. The fourth-order valence-electron chi connectivity index (χ4n) is 3.45. The highest BCUT2D eigenvalue weighted by Crippen LogP contribution is 2.26. The predicted octanol–water partition coefficient (Wildman–Crippen LogP) is 3.29. The van der Waals surface area contributed by atoms with Crippen LogP contribution in [0.15, 0.2) is 22.8 Å². The molecule has 0 aliphatic carbocycles. The number of hydrogen-bond acceptors (Lipinski definition) is 5. The largest absolute Gasteiger partial charge is 0.463 e. The average Bonchev–Trinajstić information content (AvgIpc) is 3.32. The molecule has 3 heterocycles. The molecular weight excluding hydrogens is 348 g/mol. The first kappa shape index (κ1) is 19.5. The Morgan fingerprint density at radius 1 is 1.33 bits per heavy atom. The molecule has 0 aromatic carbocycles. The highest BCUT2D eigenvalue weighted by Gasteiger charge is 2.30. The minimum absolute atomic E-state index is 0.0440. The Morgan fingerprint density at radius 2 is 2.11 bits per heavy atom. The third-order valence-electron chi connectivity index (χ3n) is 4.81. The number of fused-ring (bicyclic) bond motifs is 1. The summed E-state index contributed by atoms with van der Waals surface area (Å²) < 4.78 is 18.4. The van der Waals surface area contributed by atoms with E-state index in [1.54, 1.807) is 12.3 Å². The maximum Gasteiger partial charge on any atom is 0.355 e. The van der Waals surface area contributed by atoms with Crippen molar-refractivity contribution in [2.45, 2.75) is 58.8 Å². The van der Waals surface area contributed by atoms with Gasteiger partial charge in [-0.15, -0.1) is 0 Å². The minimum Gasteiger partial charge on any atom is -0.463 e. The van der Waals surface area contributed by atoms with Gasteiger partial charge in [0.15, 0.2) is 11.7 Å². The zero-order chi connectivity index (χ0) is 19.6. The van der Waals surface area contributed by atoms with Crippen molar-refractivity contribution in [3.63, 3.8) is 0 Å². The summed E-state index contributed by atoms with van der Waals surface area (Å²) in [5.74, 6) is -0.967. The Kier molecular flexibility index (Phi) is 5.89. The molecule has 1 amide bonds. The summed E-state index contributed by atoms with van der Waals surface area (Å²) in [5.41, 5.74) is 1.84. The standard InChI is InChI=1S/C20H28N2O5/c1-12(2)18(19(23)21-11-14-6-5-8-25-14)27-20(24)16-10-17-15(7-9-26-17)22(16)13(3)4/h7,9-10,12-14,18H,5-6,8,11H2,1-4H3,(H,21,23). The smallest absolute Gasteiger partial charge is 0.355 e. The Hall–Kier alpha value is -2.28. The van der Waals surface area contributed by atoms with Crippen LogP contribution in [0.3, 0.4) is 0 Å². The van der Waals surface area contributed by atoms with E-state index >= 15 is 0 Å². The van der Waals surface area contributed by atoms with E-state index in [1.165, 1.54) is 0 Å². The number of carbonyl (C=O) groups is 2. The maximum atomic E-state index is 12.8. The van der Waals surface area contributed by atoms with Crippen LogP contribution in [0.2, 0.25) is 0 Å². The first-order valence-corrected chi connectivity index (χ1v) is 9.57. The number of amides is 1. The molecule has 27 heavy (non-hydrogen) atoms. The number of esters is 1. The van der Waals surface area contributed by atoms with Gasteiger partial charge in [0.2, 0.25) is 0 Å². The molecule has 0 radical (unpaired) electrons. The summed E-state index contributed by atoms with van der Waals surface area (Å²) in [7, 11) is 0. The van der Waals surface area contributed by atoms with Gasteiger partial charge in [0.25, 0.3) is 5.91 Å². The van der Waals surface area contributed by atoms with Gasteiger partial charge in [-0.1, -0.05) is 13.8 Å². The second-order valence-electron chi connectivity index (χ2n) is 7.61. The van der Waals surface area contributed by atoms with Crippen molar-refractivity contribution in [1.82, 2.24) is 9.88 Å². The first-order valence-electron chi connectivity index (χ1n) is 9.57. The second kappa shape index (κ2) is 8.17. The van der Waals surface area contributed by atoms with Gasteiger partial charge >= 0.3 is 5.97 Å². The summed E-state index contributed by atoms with van der Waals surface area (Å²) in [4.78, 5) is 25.4. The molecule has 3 rings (SSSR count). The second-order valence-corrected chi connectivity index (χ2v) is 7.61. The molecule has 1 fully saturated rings. The predicted molar refractivity (Wildman–Crippen MR) is 101 cm³/mol. The van der Waals surface area contributed by atoms with E-state index in [2.05, 4.69) is 5.32 Å². The van der Waals surface area contributed by atoms with E-state index in [1.807, 2.05) is 38.3 Å². The van der Waals surface area contributed by atoms with Gasteiger partial charge in [-0.05, 0) is 32.6 Å². The van der Waals surface area contributed by atoms with E-state index in [0.29, 0.717) is 17.8 Å². The van der Waals surface area contributed by atoms with Crippen molar-refractivity contribution in [2.24, 2.45) is 5.92 Å². The molecule has 0 saturated carbocycles. The summed E-state index contributed by atoms with van der Waals surface area (Å²) in [6, 6.07) is 3.54. The Labute approximate surface area is 159 Å². The fraction of sp³-hybridized carbons (Fsp3) is 0.600.